The standard InChI is InChI=1S/C10H8F4O2/c1-10(13,14)7-3-5(8(11)12)2-6(4-7)9(15)16/h2-4,8H,1H3,(H,15,16). The molecule has 0 atom stereocenters. The largest absolute Gasteiger partial charge is 0.478 e. The summed E-state index contributed by atoms with van der Waals surface area (Å²) in [5.41, 5.74) is -2.03. The van der Waals surface area contributed by atoms with Gasteiger partial charge in [-0.2, -0.15) is 0 Å². The number of alkyl halides is 4. The number of rotatable bonds is 3. The van der Waals surface area contributed by atoms with Gasteiger partial charge < -0.3 is 5.11 Å². The Kier molecular flexibility index (Phi) is 3.21. The first-order chi connectivity index (χ1) is 7.21. The third kappa shape index (κ3) is 2.71. The van der Waals surface area contributed by atoms with Crippen molar-refractivity contribution in [2.45, 2.75) is 19.3 Å². The molecule has 2 nitrogen and oxygen atoms in total. The van der Waals surface area contributed by atoms with Gasteiger partial charge in [-0.25, -0.2) is 22.4 Å². The fourth-order valence-corrected chi connectivity index (χ4v) is 1.15. The lowest BCUT2D eigenvalue weighted by Gasteiger charge is -2.13. The van der Waals surface area contributed by atoms with E-state index in [0.717, 1.165) is 0 Å². The molecule has 0 saturated carbocycles. The lowest BCUT2D eigenvalue weighted by molar-refractivity contribution is 0.0170. The Labute approximate surface area is 88.5 Å². The number of carboxylic acids is 1. The van der Waals surface area contributed by atoms with Crippen molar-refractivity contribution in [3.63, 3.8) is 0 Å². The molecule has 0 aliphatic rings. The zero-order valence-electron chi connectivity index (χ0n) is 8.18. The first-order valence-corrected chi connectivity index (χ1v) is 4.26. The van der Waals surface area contributed by atoms with Crippen LogP contribution < -0.4 is 0 Å². The molecule has 0 aliphatic heterocycles. The zero-order valence-corrected chi connectivity index (χ0v) is 8.18. The molecule has 0 unspecified atom stereocenters. The van der Waals surface area contributed by atoms with E-state index in [0.29, 0.717) is 25.1 Å². The van der Waals surface area contributed by atoms with Gasteiger partial charge in [0.1, 0.15) is 0 Å². The lowest BCUT2D eigenvalue weighted by Crippen LogP contribution is -2.10. The van der Waals surface area contributed by atoms with E-state index in [1.165, 1.54) is 0 Å². The number of halogens is 4. The first kappa shape index (κ1) is 12.5. The van der Waals surface area contributed by atoms with Crippen molar-refractivity contribution >= 4 is 5.97 Å². The van der Waals surface area contributed by atoms with Crippen molar-refractivity contribution in [3.05, 3.63) is 34.9 Å². The Hall–Kier alpha value is -1.59. The number of carboxylic acid groups (broad SMARTS) is 1. The monoisotopic (exact) mass is 236 g/mol. The van der Waals surface area contributed by atoms with E-state index in [-0.39, 0.29) is 0 Å². The predicted molar refractivity (Wildman–Crippen MR) is 47.9 cm³/mol. The van der Waals surface area contributed by atoms with Gasteiger partial charge in [-0.1, -0.05) is 0 Å². The lowest BCUT2D eigenvalue weighted by atomic mass is 10.0. The topological polar surface area (TPSA) is 37.3 Å². The summed E-state index contributed by atoms with van der Waals surface area (Å²) in [5, 5.41) is 8.59. The molecule has 0 heterocycles. The quantitative estimate of drug-likeness (QED) is 0.816. The molecular weight excluding hydrogens is 228 g/mol. The highest BCUT2D eigenvalue weighted by atomic mass is 19.3. The molecule has 0 radical (unpaired) electrons. The average Bonchev–Trinajstić information content (AvgIpc) is 2.15. The van der Waals surface area contributed by atoms with E-state index >= 15 is 0 Å². The van der Waals surface area contributed by atoms with Gasteiger partial charge in [0.05, 0.1) is 5.56 Å². The second-order valence-corrected chi connectivity index (χ2v) is 3.34. The minimum Gasteiger partial charge on any atom is -0.478 e. The maximum atomic E-state index is 12.9. The summed E-state index contributed by atoms with van der Waals surface area (Å²) in [7, 11) is 0. The third-order valence-electron chi connectivity index (χ3n) is 1.96. The van der Waals surface area contributed by atoms with Crippen LogP contribution in [0.3, 0.4) is 0 Å². The van der Waals surface area contributed by atoms with Crippen LogP contribution in [0, 0.1) is 0 Å². The van der Waals surface area contributed by atoms with Crippen molar-refractivity contribution in [2.75, 3.05) is 0 Å². The van der Waals surface area contributed by atoms with Crippen LogP contribution in [0.25, 0.3) is 0 Å². The molecule has 1 N–H and O–H groups in total. The minimum atomic E-state index is -3.35. The number of aromatic carboxylic acids is 1. The number of carbonyl (C=O) groups is 1. The van der Waals surface area contributed by atoms with Crippen LogP contribution in [-0.4, -0.2) is 11.1 Å². The molecule has 0 spiro atoms. The Morgan fingerprint density at radius 3 is 2.25 bits per heavy atom. The molecule has 88 valence electrons. The molecule has 1 aromatic carbocycles. The van der Waals surface area contributed by atoms with E-state index in [1.54, 1.807) is 0 Å². The normalized spacial score (nSPS) is 11.9. The summed E-state index contributed by atoms with van der Waals surface area (Å²) in [6.07, 6.45) is -2.99. The van der Waals surface area contributed by atoms with Crippen molar-refractivity contribution in [3.8, 4) is 0 Å². The predicted octanol–water partition coefficient (Wildman–Crippen LogP) is 3.43. The second-order valence-electron chi connectivity index (χ2n) is 3.34. The molecule has 16 heavy (non-hydrogen) atoms. The van der Waals surface area contributed by atoms with Crippen LogP contribution in [0.1, 0.15) is 34.8 Å². The van der Waals surface area contributed by atoms with Crippen molar-refractivity contribution in [1.29, 1.82) is 0 Å². The van der Waals surface area contributed by atoms with Gasteiger partial charge in [0.25, 0.3) is 12.3 Å². The van der Waals surface area contributed by atoms with Crippen LogP contribution >= 0.6 is 0 Å². The minimum absolute atomic E-state index is 0.517. The number of hydrogen-bond acceptors (Lipinski definition) is 1. The van der Waals surface area contributed by atoms with Crippen molar-refractivity contribution in [1.82, 2.24) is 0 Å². The summed E-state index contributed by atoms with van der Waals surface area (Å²) < 4.78 is 50.5. The van der Waals surface area contributed by atoms with Crippen LogP contribution in [0.4, 0.5) is 17.6 Å². The van der Waals surface area contributed by atoms with Gasteiger partial charge in [-0.15, -0.1) is 0 Å². The number of hydrogen-bond donors (Lipinski definition) is 1. The van der Waals surface area contributed by atoms with E-state index in [2.05, 4.69) is 0 Å². The molecule has 6 heteroatoms. The Balaban J connectivity index is 3.36. The molecule has 0 aromatic heterocycles. The Morgan fingerprint density at radius 1 is 1.31 bits per heavy atom. The molecule has 0 amide bonds. The van der Waals surface area contributed by atoms with Crippen LogP contribution in [0.2, 0.25) is 0 Å². The summed E-state index contributed by atoms with van der Waals surface area (Å²) in [6, 6.07) is 1.98. The highest BCUT2D eigenvalue weighted by Gasteiger charge is 2.27. The maximum Gasteiger partial charge on any atom is 0.335 e. The smallest absolute Gasteiger partial charge is 0.335 e. The Morgan fingerprint density at radius 2 is 1.88 bits per heavy atom. The number of benzene rings is 1. The summed E-state index contributed by atoms with van der Waals surface area (Å²) in [4.78, 5) is 10.6. The van der Waals surface area contributed by atoms with E-state index in [4.69, 9.17) is 5.11 Å². The molecule has 1 aromatic rings. The molecule has 0 fully saturated rings. The van der Waals surface area contributed by atoms with Gasteiger partial charge in [0.15, 0.2) is 0 Å². The summed E-state index contributed by atoms with van der Waals surface area (Å²) >= 11 is 0. The molecule has 0 saturated heterocycles. The molecular formula is C10H8F4O2. The summed E-state index contributed by atoms with van der Waals surface area (Å²) in [5.74, 6) is -4.87. The van der Waals surface area contributed by atoms with Crippen molar-refractivity contribution in [2.24, 2.45) is 0 Å². The van der Waals surface area contributed by atoms with Crippen LogP contribution in [-0.2, 0) is 5.92 Å². The third-order valence-corrected chi connectivity index (χ3v) is 1.96. The van der Waals surface area contributed by atoms with Gasteiger partial charge >= 0.3 is 5.97 Å². The van der Waals surface area contributed by atoms with Gasteiger partial charge in [-0.05, 0) is 18.2 Å². The fourth-order valence-electron chi connectivity index (χ4n) is 1.15. The fraction of sp³-hybridized carbons (Fsp3) is 0.300. The van der Waals surface area contributed by atoms with Crippen molar-refractivity contribution < 1.29 is 27.5 Å². The van der Waals surface area contributed by atoms with Crippen LogP contribution in [0.5, 0.6) is 0 Å². The van der Waals surface area contributed by atoms with Gasteiger partial charge in [-0.3, -0.25) is 0 Å². The molecule has 0 bridgehead atoms. The SMILES string of the molecule is CC(F)(F)c1cc(C(=O)O)cc(C(F)F)c1. The molecule has 1 rings (SSSR count). The Bertz CT molecular complexity index is 410. The van der Waals surface area contributed by atoms with E-state index in [9.17, 15) is 22.4 Å². The summed E-state index contributed by atoms with van der Waals surface area (Å²) in [6.45, 7) is 0.517. The highest BCUT2D eigenvalue weighted by molar-refractivity contribution is 5.88. The molecule has 0 aliphatic carbocycles. The second kappa shape index (κ2) is 4.11. The highest BCUT2D eigenvalue weighted by Crippen LogP contribution is 2.31. The van der Waals surface area contributed by atoms with Crippen LogP contribution in [0.15, 0.2) is 18.2 Å². The van der Waals surface area contributed by atoms with E-state index in [1.807, 2.05) is 0 Å². The van der Waals surface area contributed by atoms with E-state index < -0.39 is 35.0 Å². The van der Waals surface area contributed by atoms with Gasteiger partial charge in [0.2, 0.25) is 0 Å². The van der Waals surface area contributed by atoms with Gasteiger partial charge in [0, 0.05) is 18.1 Å². The zero-order chi connectivity index (χ0) is 12.5. The maximum absolute atomic E-state index is 12.9. The average molecular weight is 236 g/mol. The first-order valence-electron chi connectivity index (χ1n) is 4.26.